The summed E-state index contributed by atoms with van der Waals surface area (Å²) >= 11 is 5.99. The Bertz CT molecular complexity index is 536. The molecule has 0 aliphatic rings. The minimum absolute atomic E-state index is 0.287. The van der Waals surface area contributed by atoms with Crippen molar-refractivity contribution in [3.05, 3.63) is 35.0 Å². The fourth-order valence-electron chi connectivity index (χ4n) is 1.67. The van der Waals surface area contributed by atoms with Crippen LogP contribution in [0.2, 0.25) is 5.02 Å². The molecule has 0 saturated heterocycles. The van der Waals surface area contributed by atoms with Crippen LogP contribution < -0.4 is 5.73 Å². The van der Waals surface area contributed by atoms with Crippen LogP contribution in [-0.2, 0) is 11.2 Å². The number of H-pyrrole nitrogens is 1. The molecule has 2 aromatic rings. The van der Waals surface area contributed by atoms with Gasteiger partial charge < -0.3 is 15.8 Å². The van der Waals surface area contributed by atoms with Gasteiger partial charge in [-0.25, -0.2) is 0 Å². The quantitative estimate of drug-likeness (QED) is 0.763. The summed E-state index contributed by atoms with van der Waals surface area (Å²) in [5, 5.41) is 10.3. The zero-order valence-electron chi connectivity index (χ0n) is 8.40. The predicted molar refractivity (Wildman–Crippen MR) is 62.6 cm³/mol. The number of para-hydroxylation sites is 1. The number of carboxylic acids is 1. The molecule has 5 heteroatoms. The highest BCUT2D eigenvalue weighted by atomic mass is 35.5. The average Bonchev–Trinajstić information content (AvgIpc) is 2.63. The number of hydrogen-bond donors (Lipinski definition) is 3. The fourth-order valence-corrected chi connectivity index (χ4v) is 1.90. The maximum atomic E-state index is 10.7. The number of nitrogens with one attached hydrogen (secondary N) is 1. The number of aromatic nitrogens is 1. The number of carboxylic acid groups (broad SMARTS) is 1. The zero-order chi connectivity index (χ0) is 11.7. The second-order valence-corrected chi connectivity index (χ2v) is 4.03. The van der Waals surface area contributed by atoms with Crippen molar-refractivity contribution in [1.29, 1.82) is 0 Å². The van der Waals surface area contributed by atoms with Crippen molar-refractivity contribution in [3.8, 4) is 0 Å². The van der Waals surface area contributed by atoms with Crippen molar-refractivity contribution in [1.82, 2.24) is 4.98 Å². The van der Waals surface area contributed by atoms with Crippen LogP contribution >= 0.6 is 11.6 Å². The number of hydrogen-bond acceptors (Lipinski definition) is 2. The summed E-state index contributed by atoms with van der Waals surface area (Å²) in [5.41, 5.74) is 7.17. The average molecular weight is 239 g/mol. The van der Waals surface area contributed by atoms with Crippen molar-refractivity contribution >= 4 is 28.5 Å². The van der Waals surface area contributed by atoms with Crippen LogP contribution in [0.15, 0.2) is 24.4 Å². The smallest absolute Gasteiger partial charge is 0.320 e. The molecule has 4 N–H and O–H groups in total. The third-order valence-electron chi connectivity index (χ3n) is 2.51. The van der Waals surface area contributed by atoms with Crippen LogP contribution in [0.5, 0.6) is 0 Å². The van der Waals surface area contributed by atoms with Gasteiger partial charge in [0.2, 0.25) is 0 Å². The van der Waals surface area contributed by atoms with E-state index in [2.05, 4.69) is 4.98 Å². The largest absolute Gasteiger partial charge is 0.480 e. The molecule has 0 bridgehead atoms. The Morgan fingerprint density at radius 1 is 1.56 bits per heavy atom. The first kappa shape index (κ1) is 11.0. The number of nitrogens with two attached hydrogens (primary N) is 1. The van der Waals surface area contributed by atoms with E-state index >= 15 is 0 Å². The van der Waals surface area contributed by atoms with Crippen LogP contribution in [0, 0.1) is 0 Å². The van der Waals surface area contributed by atoms with Gasteiger partial charge in [0.05, 0.1) is 10.5 Å². The fraction of sp³-hybridized carbons (Fsp3) is 0.182. The van der Waals surface area contributed by atoms with Gasteiger partial charge in [0.1, 0.15) is 6.04 Å². The molecule has 1 atom stereocenters. The van der Waals surface area contributed by atoms with Gasteiger partial charge in [0.15, 0.2) is 0 Å². The minimum Gasteiger partial charge on any atom is -0.480 e. The van der Waals surface area contributed by atoms with Gasteiger partial charge >= 0.3 is 5.97 Å². The summed E-state index contributed by atoms with van der Waals surface area (Å²) < 4.78 is 0. The molecule has 1 heterocycles. The van der Waals surface area contributed by atoms with Crippen molar-refractivity contribution < 1.29 is 9.90 Å². The predicted octanol–water partition coefficient (Wildman–Crippen LogP) is 1.78. The Labute approximate surface area is 97.0 Å². The molecule has 0 aliphatic heterocycles. The third kappa shape index (κ3) is 1.89. The molecule has 4 nitrogen and oxygen atoms in total. The SMILES string of the molecule is NC(Cc1c[nH]c2c(Cl)cccc12)C(=O)O. The Hall–Kier alpha value is -1.52. The number of fused-ring (bicyclic) bond motifs is 1. The zero-order valence-corrected chi connectivity index (χ0v) is 9.16. The first-order valence-corrected chi connectivity index (χ1v) is 5.20. The first-order valence-electron chi connectivity index (χ1n) is 4.82. The summed E-state index contributed by atoms with van der Waals surface area (Å²) in [6.07, 6.45) is 2.04. The van der Waals surface area contributed by atoms with Gasteiger partial charge in [-0.3, -0.25) is 4.79 Å². The van der Waals surface area contributed by atoms with Crippen LogP contribution in [0.1, 0.15) is 5.56 Å². The van der Waals surface area contributed by atoms with E-state index in [1.54, 1.807) is 12.3 Å². The Morgan fingerprint density at radius 3 is 3.00 bits per heavy atom. The molecule has 0 radical (unpaired) electrons. The van der Waals surface area contributed by atoms with E-state index in [4.69, 9.17) is 22.4 Å². The van der Waals surface area contributed by atoms with Crippen LogP contribution in [0.4, 0.5) is 0 Å². The van der Waals surface area contributed by atoms with E-state index in [1.165, 1.54) is 0 Å². The lowest BCUT2D eigenvalue weighted by Gasteiger charge is -2.04. The van der Waals surface area contributed by atoms with E-state index in [1.807, 2.05) is 12.1 Å². The molecule has 16 heavy (non-hydrogen) atoms. The summed E-state index contributed by atoms with van der Waals surface area (Å²) in [6.45, 7) is 0. The van der Waals surface area contributed by atoms with Crippen molar-refractivity contribution in [2.24, 2.45) is 5.73 Å². The van der Waals surface area contributed by atoms with E-state index in [0.717, 1.165) is 16.5 Å². The second kappa shape index (κ2) is 4.15. The van der Waals surface area contributed by atoms with Crippen LogP contribution in [-0.4, -0.2) is 22.1 Å². The van der Waals surface area contributed by atoms with Crippen LogP contribution in [0.3, 0.4) is 0 Å². The van der Waals surface area contributed by atoms with Crippen molar-refractivity contribution in [2.75, 3.05) is 0 Å². The van der Waals surface area contributed by atoms with E-state index < -0.39 is 12.0 Å². The maximum absolute atomic E-state index is 10.7. The van der Waals surface area contributed by atoms with Gasteiger partial charge in [0.25, 0.3) is 0 Å². The highest BCUT2D eigenvalue weighted by molar-refractivity contribution is 6.35. The Kier molecular flexibility index (Phi) is 2.85. The lowest BCUT2D eigenvalue weighted by molar-refractivity contribution is -0.138. The molecule has 0 spiro atoms. The lowest BCUT2D eigenvalue weighted by atomic mass is 10.1. The number of halogens is 1. The van der Waals surface area contributed by atoms with Crippen molar-refractivity contribution in [2.45, 2.75) is 12.5 Å². The van der Waals surface area contributed by atoms with E-state index in [-0.39, 0.29) is 6.42 Å². The minimum atomic E-state index is -1.00. The van der Waals surface area contributed by atoms with Gasteiger partial charge in [-0.15, -0.1) is 0 Å². The topological polar surface area (TPSA) is 79.1 Å². The maximum Gasteiger partial charge on any atom is 0.320 e. The molecular formula is C11H11ClN2O2. The molecule has 1 unspecified atom stereocenters. The van der Waals surface area contributed by atoms with Gasteiger partial charge in [-0.05, 0) is 11.6 Å². The lowest BCUT2D eigenvalue weighted by Crippen LogP contribution is -2.32. The Morgan fingerprint density at radius 2 is 2.31 bits per heavy atom. The summed E-state index contributed by atoms with van der Waals surface area (Å²) in [5.74, 6) is -1.00. The molecule has 1 aromatic carbocycles. The summed E-state index contributed by atoms with van der Waals surface area (Å²) in [4.78, 5) is 13.7. The third-order valence-corrected chi connectivity index (χ3v) is 2.82. The normalized spacial score (nSPS) is 12.9. The molecule has 2 rings (SSSR count). The van der Waals surface area contributed by atoms with Crippen molar-refractivity contribution in [3.63, 3.8) is 0 Å². The highest BCUT2D eigenvalue weighted by Crippen LogP contribution is 2.25. The number of rotatable bonds is 3. The first-order chi connectivity index (χ1) is 7.59. The molecular weight excluding hydrogens is 228 g/mol. The molecule has 0 saturated carbocycles. The van der Waals surface area contributed by atoms with E-state index in [0.29, 0.717) is 5.02 Å². The number of aliphatic carboxylic acids is 1. The summed E-state index contributed by atoms with van der Waals surface area (Å²) in [6, 6.07) is 4.61. The number of aromatic amines is 1. The molecule has 0 fully saturated rings. The molecule has 0 aliphatic carbocycles. The van der Waals surface area contributed by atoms with Gasteiger partial charge in [0, 0.05) is 18.0 Å². The number of carbonyl (C=O) groups is 1. The molecule has 1 aromatic heterocycles. The van der Waals surface area contributed by atoms with Gasteiger partial charge in [-0.2, -0.15) is 0 Å². The van der Waals surface area contributed by atoms with E-state index in [9.17, 15) is 4.79 Å². The van der Waals surface area contributed by atoms with Gasteiger partial charge in [-0.1, -0.05) is 23.7 Å². The summed E-state index contributed by atoms with van der Waals surface area (Å²) in [7, 11) is 0. The van der Waals surface area contributed by atoms with Crippen LogP contribution in [0.25, 0.3) is 10.9 Å². The Balaban J connectivity index is 2.39. The monoisotopic (exact) mass is 238 g/mol. The second-order valence-electron chi connectivity index (χ2n) is 3.63. The standard InChI is InChI=1S/C11H11ClN2O2/c12-8-3-1-2-7-6(5-14-10(7)8)4-9(13)11(15)16/h1-3,5,9,14H,4,13H2,(H,15,16). The molecule has 84 valence electrons. The molecule has 0 amide bonds. The highest BCUT2D eigenvalue weighted by Gasteiger charge is 2.15. The number of benzene rings is 1.